The topological polar surface area (TPSA) is 111 Å². The van der Waals surface area contributed by atoms with Gasteiger partial charge in [0.25, 0.3) is 0 Å². The van der Waals surface area contributed by atoms with Gasteiger partial charge in [-0.1, -0.05) is 30.3 Å². The molecule has 3 aliphatic heterocycles. The third-order valence-electron chi connectivity index (χ3n) is 9.07. The largest absolute Gasteiger partial charge is 0.361 e. The molecule has 200 valence electrons. The number of nitrogens with zero attached hydrogens (tertiary/aromatic N) is 1. The predicted octanol–water partition coefficient (Wildman–Crippen LogP) is 4.16. The Morgan fingerprint density at radius 1 is 0.950 bits per heavy atom. The van der Waals surface area contributed by atoms with E-state index in [0.29, 0.717) is 28.9 Å². The number of carbonyl (C=O) groups excluding carboxylic acids is 4. The van der Waals surface area contributed by atoms with Crippen molar-refractivity contribution in [3.63, 3.8) is 0 Å². The van der Waals surface area contributed by atoms with Gasteiger partial charge in [-0.3, -0.25) is 24.5 Å². The van der Waals surface area contributed by atoms with Crippen molar-refractivity contribution in [2.24, 2.45) is 11.8 Å². The van der Waals surface area contributed by atoms with Gasteiger partial charge in [0, 0.05) is 40.0 Å². The summed E-state index contributed by atoms with van der Waals surface area (Å²) in [6, 6.07) is 17.8. The summed E-state index contributed by atoms with van der Waals surface area (Å²) in [6.07, 6.45) is 2.39. The van der Waals surface area contributed by atoms with E-state index in [-0.39, 0.29) is 17.6 Å². The minimum absolute atomic E-state index is 0.102. The van der Waals surface area contributed by atoms with Crippen molar-refractivity contribution < 1.29 is 19.2 Å². The fourth-order valence-electron chi connectivity index (χ4n) is 6.93. The number of Topliss-reactive ketones (excluding diaryl/α,β-unsaturated/α-hetero) is 1. The van der Waals surface area contributed by atoms with Gasteiger partial charge >= 0.3 is 0 Å². The standard InChI is InChI=1S/C32H28N4O4/c1-16-8-13-23-28(17(16)2)34-31(40)32(23)27-26(25(35-32)14-20-15-33-24-7-5-4-6-22(20)24)29(38)36(30(27)39)21-11-9-19(10-12-21)18(3)37/h4-13,15,25-27,33,35H,14H2,1-3H3,(H,34,40)/t25-,26-,27+,32+/m1/s1. The number of aromatic amines is 1. The van der Waals surface area contributed by atoms with Crippen LogP contribution in [0.2, 0.25) is 0 Å². The molecule has 40 heavy (non-hydrogen) atoms. The summed E-state index contributed by atoms with van der Waals surface area (Å²) in [5, 5.41) is 7.63. The van der Waals surface area contributed by atoms with Gasteiger partial charge < -0.3 is 10.3 Å². The van der Waals surface area contributed by atoms with Crippen LogP contribution >= 0.6 is 0 Å². The molecule has 4 atom stereocenters. The summed E-state index contributed by atoms with van der Waals surface area (Å²) < 4.78 is 0. The number of para-hydroxylation sites is 1. The van der Waals surface area contributed by atoms with Crippen molar-refractivity contribution in [2.75, 3.05) is 10.2 Å². The number of fused-ring (bicyclic) bond motifs is 5. The molecule has 3 aliphatic rings. The minimum Gasteiger partial charge on any atom is -0.361 e. The Morgan fingerprint density at radius 3 is 2.45 bits per heavy atom. The fraction of sp³-hybridized carbons (Fsp3) is 0.250. The summed E-state index contributed by atoms with van der Waals surface area (Å²) >= 11 is 0. The number of hydrogen-bond donors (Lipinski definition) is 3. The monoisotopic (exact) mass is 532 g/mol. The quantitative estimate of drug-likeness (QED) is 0.270. The molecule has 0 aliphatic carbocycles. The molecule has 4 heterocycles. The lowest BCUT2D eigenvalue weighted by molar-refractivity contribution is -0.130. The van der Waals surface area contributed by atoms with E-state index in [2.05, 4.69) is 15.6 Å². The zero-order chi connectivity index (χ0) is 27.9. The highest BCUT2D eigenvalue weighted by molar-refractivity contribution is 6.26. The van der Waals surface area contributed by atoms with Gasteiger partial charge in [-0.2, -0.15) is 0 Å². The van der Waals surface area contributed by atoms with Crippen molar-refractivity contribution in [1.29, 1.82) is 0 Å². The molecule has 0 saturated carbocycles. The number of imide groups is 1. The van der Waals surface area contributed by atoms with Gasteiger partial charge in [0.2, 0.25) is 17.7 Å². The molecule has 0 radical (unpaired) electrons. The van der Waals surface area contributed by atoms with Crippen LogP contribution in [0.25, 0.3) is 10.9 Å². The van der Waals surface area contributed by atoms with Gasteiger partial charge in [0.1, 0.15) is 5.54 Å². The van der Waals surface area contributed by atoms with Crippen molar-refractivity contribution in [3.05, 3.63) is 94.7 Å². The summed E-state index contributed by atoms with van der Waals surface area (Å²) in [5.74, 6) is -2.86. The van der Waals surface area contributed by atoms with Crippen LogP contribution < -0.4 is 15.5 Å². The molecule has 3 amide bonds. The number of anilines is 2. The van der Waals surface area contributed by atoms with Crippen LogP contribution in [0.1, 0.15) is 39.5 Å². The second-order valence-corrected chi connectivity index (χ2v) is 11.1. The second kappa shape index (κ2) is 8.47. The van der Waals surface area contributed by atoms with Crippen LogP contribution in [-0.2, 0) is 26.3 Å². The van der Waals surface area contributed by atoms with E-state index >= 15 is 0 Å². The lowest BCUT2D eigenvalue weighted by atomic mass is 9.75. The highest BCUT2D eigenvalue weighted by atomic mass is 16.2. The van der Waals surface area contributed by atoms with Crippen LogP contribution in [0.4, 0.5) is 11.4 Å². The molecule has 1 spiro atoms. The molecule has 4 aromatic rings. The number of nitrogens with one attached hydrogen (secondary N) is 3. The first-order chi connectivity index (χ1) is 19.2. The van der Waals surface area contributed by atoms with Crippen LogP contribution in [0, 0.1) is 25.7 Å². The van der Waals surface area contributed by atoms with Crippen LogP contribution in [0.3, 0.4) is 0 Å². The maximum Gasteiger partial charge on any atom is 0.250 e. The zero-order valence-corrected chi connectivity index (χ0v) is 22.4. The van der Waals surface area contributed by atoms with Gasteiger partial charge in [-0.25, -0.2) is 4.90 Å². The first-order valence-corrected chi connectivity index (χ1v) is 13.5. The molecule has 8 nitrogen and oxygen atoms in total. The van der Waals surface area contributed by atoms with E-state index in [1.165, 1.54) is 11.8 Å². The molecule has 2 saturated heterocycles. The summed E-state index contributed by atoms with van der Waals surface area (Å²) in [6.45, 7) is 5.40. The van der Waals surface area contributed by atoms with Crippen LogP contribution in [-0.4, -0.2) is 34.5 Å². The van der Waals surface area contributed by atoms with Crippen molar-refractivity contribution in [1.82, 2.24) is 10.3 Å². The second-order valence-electron chi connectivity index (χ2n) is 11.1. The van der Waals surface area contributed by atoms with Crippen molar-refractivity contribution in [3.8, 4) is 0 Å². The zero-order valence-electron chi connectivity index (χ0n) is 22.4. The molecule has 0 unspecified atom stereocenters. The lowest BCUT2D eigenvalue weighted by Crippen LogP contribution is -2.53. The van der Waals surface area contributed by atoms with Gasteiger partial charge in [0.05, 0.1) is 17.5 Å². The third kappa shape index (κ3) is 3.17. The molecule has 0 bridgehead atoms. The Hall–Kier alpha value is -4.56. The predicted molar refractivity (Wildman–Crippen MR) is 151 cm³/mol. The number of aromatic nitrogens is 1. The minimum atomic E-state index is -1.38. The number of rotatable bonds is 4. The van der Waals surface area contributed by atoms with Crippen LogP contribution in [0.5, 0.6) is 0 Å². The molecule has 3 aromatic carbocycles. The molecular weight excluding hydrogens is 504 g/mol. The Labute approximate surface area is 230 Å². The maximum atomic E-state index is 14.3. The Morgan fingerprint density at radius 2 is 1.70 bits per heavy atom. The molecule has 7 rings (SSSR count). The van der Waals surface area contributed by atoms with E-state index in [9.17, 15) is 19.2 Å². The molecular formula is C32H28N4O4. The number of carbonyl (C=O) groups is 4. The highest BCUT2D eigenvalue weighted by Crippen LogP contribution is 2.54. The Balaban J connectivity index is 1.37. The third-order valence-corrected chi connectivity index (χ3v) is 9.07. The van der Waals surface area contributed by atoms with E-state index < -0.39 is 29.3 Å². The average molecular weight is 533 g/mol. The van der Waals surface area contributed by atoms with E-state index in [1.54, 1.807) is 24.3 Å². The van der Waals surface area contributed by atoms with Gasteiger partial charge in [-0.05, 0) is 74.2 Å². The van der Waals surface area contributed by atoms with Gasteiger partial charge in [-0.15, -0.1) is 0 Å². The number of hydrogen-bond acceptors (Lipinski definition) is 5. The van der Waals surface area contributed by atoms with E-state index in [1.807, 2.05) is 56.4 Å². The number of ketones is 1. The van der Waals surface area contributed by atoms with Crippen molar-refractivity contribution >= 4 is 45.8 Å². The van der Waals surface area contributed by atoms with Crippen LogP contribution in [0.15, 0.2) is 66.9 Å². The number of amides is 3. The normalized spacial score (nSPS) is 25.1. The van der Waals surface area contributed by atoms with E-state index in [0.717, 1.165) is 27.6 Å². The fourth-order valence-corrected chi connectivity index (χ4v) is 6.93. The number of H-pyrrole nitrogens is 1. The van der Waals surface area contributed by atoms with E-state index in [4.69, 9.17) is 0 Å². The number of aryl methyl sites for hydroxylation is 1. The number of benzene rings is 3. The molecule has 8 heteroatoms. The lowest BCUT2D eigenvalue weighted by Gasteiger charge is -2.29. The van der Waals surface area contributed by atoms with Crippen molar-refractivity contribution in [2.45, 2.75) is 38.8 Å². The Bertz CT molecular complexity index is 1770. The SMILES string of the molecule is CC(=O)c1ccc(N2C(=O)[C@H]3[C@@H](C2=O)[C@]2(N[C@@H]3Cc3c[nH]c4ccccc34)C(=O)Nc3c2ccc(C)c3C)cc1. The maximum absolute atomic E-state index is 14.3. The summed E-state index contributed by atoms with van der Waals surface area (Å²) in [4.78, 5) is 58.7. The summed E-state index contributed by atoms with van der Waals surface area (Å²) in [7, 11) is 0. The average Bonchev–Trinajstić information content (AvgIpc) is 3.65. The molecule has 3 N–H and O–H groups in total. The van der Waals surface area contributed by atoms with Gasteiger partial charge in [0.15, 0.2) is 5.78 Å². The molecule has 2 fully saturated rings. The summed E-state index contributed by atoms with van der Waals surface area (Å²) in [5.41, 5.74) is 4.88. The first-order valence-electron chi connectivity index (χ1n) is 13.5. The molecule has 1 aromatic heterocycles. The highest BCUT2D eigenvalue weighted by Gasteiger charge is 2.70. The smallest absolute Gasteiger partial charge is 0.250 e. The Kier molecular flexibility index (Phi) is 5.18. The first kappa shape index (κ1) is 24.5.